The summed E-state index contributed by atoms with van der Waals surface area (Å²) in [6, 6.07) is 5.80. The third-order valence-electron chi connectivity index (χ3n) is 7.18. The highest BCUT2D eigenvalue weighted by molar-refractivity contribution is 5.97. The molecule has 0 unspecified atom stereocenters. The van der Waals surface area contributed by atoms with Gasteiger partial charge in [0.2, 0.25) is 5.91 Å². The average molecular weight is 509 g/mol. The van der Waals surface area contributed by atoms with E-state index in [2.05, 4.69) is 70.8 Å². The molecule has 0 aromatic carbocycles. The highest BCUT2D eigenvalue weighted by Gasteiger charge is 2.39. The number of fused-ring (bicyclic) bond motifs is 2. The van der Waals surface area contributed by atoms with Gasteiger partial charge in [-0.15, -0.1) is 15.3 Å². The van der Waals surface area contributed by atoms with Gasteiger partial charge >= 0.3 is 0 Å². The van der Waals surface area contributed by atoms with Crippen LogP contribution >= 0.6 is 0 Å². The van der Waals surface area contributed by atoms with Crippen molar-refractivity contribution < 1.29 is 4.79 Å². The van der Waals surface area contributed by atoms with Gasteiger partial charge in [0.1, 0.15) is 11.2 Å². The van der Waals surface area contributed by atoms with Crippen molar-refractivity contribution in [2.75, 3.05) is 24.2 Å². The minimum atomic E-state index is -0.0204. The lowest BCUT2D eigenvalue weighted by Crippen LogP contribution is -2.31. The predicted molar refractivity (Wildman–Crippen MR) is 142 cm³/mol. The first kappa shape index (κ1) is 23.9. The molecule has 5 heterocycles. The monoisotopic (exact) mass is 508 g/mol. The van der Waals surface area contributed by atoms with E-state index in [1.165, 1.54) is 5.69 Å². The van der Waals surface area contributed by atoms with Crippen LogP contribution in [0.3, 0.4) is 0 Å². The zero-order valence-electron chi connectivity index (χ0n) is 21.6. The number of carbonyl (C=O) groups is 1. The molecule has 4 aromatic rings. The van der Waals surface area contributed by atoms with E-state index >= 15 is 0 Å². The van der Waals surface area contributed by atoms with E-state index in [4.69, 9.17) is 0 Å². The third kappa shape index (κ3) is 4.78. The molecule has 1 saturated carbocycles. The number of nitrogens with one attached hydrogen (secondary N) is 2. The van der Waals surface area contributed by atoms with Crippen LogP contribution in [0.4, 0.5) is 11.6 Å². The van der Waals surface area contributed by atoms with E-state index in [-0.39, 0.29) is 11.8 Å². The van der Waals surface area contributed by atoms with Gasteiger partial charge in [-0.1, -0.05) is 24.1 Å². The molecule has 1 aliphatic carbocycles. The minimum absolute atomic E-state index is 0.0204. The average Bonchev–Trinajstić information content (AvgIpc) is 3.57. The second kappa shape index (κ2) is 9.79. The van der Waals surface area contributed by atoms with Gasteiger partial charge in [-0.2, -0.15) is 0 Å². The molecule has 6 rings (SSSR count). The number of aryl methyl sites for hydroxylation is 1. The van der Waals surface area contributed by atoms with Crippen LogP contribution in [0.15, 0.2) is 30.6 Å². The molecule has 0 bridgehead atoms. The van der Waals surface area contributed by atoms with E-state index < -0.39 is 0 Å². The van der Waals surface area contributed by atoms with E-state index in [1.807, 2.05) is 24.0 Å². The molecule has 0 saturated heterocycles. The zero-order valence-corrected chi connectivity index (χ0v) is 21.6. The lowest BCUT2D eigenvalue weighted by atomic mass is 10.1. The normalized spacial score (nSPS) is 18.4. The lowest BCUT2D eigenvalue weighted by molar-refractivity contribution is -0.117. The molecule has 1 aliphatic heterocycles. The highest BCUT2D eigenvalue weighted by atomic mass is 16.2. The molecule has 11 nitrogen and oxygen atoms in total. The summed E-state index contributed by atoms with van der Waals surface area (Å²) in [6.07, 6.45) is 5.39. The van der Waals surface area contributed by atoms with Gasteiger partial charge in [-0.05, 0) is 36.0 Å². The first-order valence-electron chi connectivity index (χ1n) is 12.7. The number of anilines is 2. The molecule has 2 atom stereocenters. The van der Waals surface area contributed by atoms with Crippen LogP contribution in [0.2, 0.25) is 0 Å². The number of aromatic nitrogens is 7. The molecule has 2 aliphatic rings. The fraction of sp³-hybridized carbons (Fsp3) is 0.370. The van der Waals surface area contributed by atoms with E-state index in [1.54, 1.807) is 19.3 Å². The number of nitrogens with zero attached hydrogens (tertiary/aromatic N) is 8. The first-order valence-corrected chi connectivity index (χ1v) is 12.7. The van der Waals surface area contributed by atoms with Gasteiger partial charge in [0.05, 0.1) is 17.0 Å². The van der Waals surface area contributed by atoms with Crippen LogP contribution < -0.4 is 10.6 Å². The number of rotatable bonds is 5. The van der Waals surface area contributed by atoms with Crippen molar-refractivity contribution in [2.45, 2.75) is 32.9 Å². The zero-order chi connectivity index (χ0) is 26.2. The molecule has 4 aromatic heterocycles. The van der Waals surface area contributed by atoms with Gasteiger partial charge in [0.25, 0.3) is 0 Å². The summed E-state index contributed by atoms with van der Waals surface area (Å²) in [6.45, 7) is 4.64. The number of carbonyl (C=O) groups excluding carboxylic acids is 1. The Morgan fingerprint density at radius 1 is 1.16 bits per heavy atom. The molecule has 38 heavy (non-hydrogen) atoms. The van der Waals surface area contributed by atoms with Gasteiger partial charge in [0.15, 0.2) is 11.6 Å². The fourth-order valence-electron chi connectivity index (χ4n) is 4.76. The van der Waals surface area contributed by atoms with Crippen molar-refractivity contribution in [2.24, 2.45) is 18.9 Å². The third-order valence-corrected chi connectivity index (χ3v) is 7.18. The summed E-state index contributed by atoms with van der Waals surface area (Å²) in [4.78, 5) is 23.8. The SMILES string of the molecule is CNc1ncc(C#Cc2ccc(CN3CCc4nnn(C)c4C3)cn2)c2cc(NC(=O)[C@H]3C[C@H]3C)nnc12. The fourth-order valence-corrected chi connectivity index (χ4v) is 4.76. The predicted octanol–water partition coefficient (Wildman–Crippen LogP) is 2.14. The van der Waals surface area contributed by atoms with Gasteiger partial charge in [-0.3, -0.25) is 14.4 Å². The van der Waals surface area contributed by atoms with Gasteiger partial charge in [0, 0.05) is 63.8 Å². The van der Waals surface area contributed by atoms with Crippen molar-refractivity contribution in [3.8, 4) is 11.8 Å². The smallest absolute Gasteiger partial charge is 0.228 e. The molecule has 2 N–H and O–H groups in total. The lowest BCUT2D eigenvalue weighted by Gasteiger charge is -2.26. The topological polar surface area (TPSA) is 127 Å². The summed E-state index contributed by atoms with van der Waals surface area (Å²) < 4.78 is 1.86. The van der Waals surface area contributed by atoms with Crippen LogP contribution in [0.1, 0.15) is 41.6 Å². The maximum Gasteiger partial charge on any atom is 0.228 e. The minimum Gasteiger partial charge on any atom is -0.371 e. The van der Waals surface area contributed by atoms with E-state index in [0.29, 0.717) is 34.3 Å². The Kier molecular flexibility index (Phi) is 6.17. The molecule has 192 valence electrons. The Morgan fingerprint density at radius 3 is 2.79 bits per heavy atom. The summed E-state index contributed by atoms with van der Waals surface area (Å²) in [5.41, 5.74) is 5.33. The van der Waals surface area contributed by atoms with Crippen LogP contribution in [-0.2, 0) is 31.4 Å². The molecule has 1 fully saturated rings. The Balaban J connectivity index is 1.20. The number of hydrogen-bond donors (Lipinski definition) is 2. The molecule has 1 amide bonds. The van der Waals surface area contributed by atoms with Crippen molar-refractivity contribution >= 4 is 28.4 Å². The van der Waals surface area contributed by atoms with E-state index in [0.717, 1.165) is 49.1 Å². The van der Waals surface area contributed by atoms with Crippen molar-refractivity contribution in [3.05, 3.63) is 58.8 Å². The van der Waals surface area contributed by atoms with Crippen LogP contribution in [0.25, 0.3) is 10.9 Å². The summed E-state index contributed by atoms with van der Waals surface area (Å²) in [5, 5.41) is 23.6. The Morgan fingerprint density at radius 2 is 2.03 bits per heavy atom. The quantitative estimate of drug-likeness (QED) is 0.390. The summed E-state index contributed by atoms with van der Waals surface area (Å²) in [7, 11) is 3.72. The largest absolute Gasteiger partial charge is 0.371 e. The van der Waals surface area contributed by atoms with E-state index in [9.17, 15) is 4.79 Å². The van der Waals surface area contributed by atoms with Crippen molar-refractivity contribution in [1.82, 2.24) is 40.1 Å². The Labute approximate surface area is 220 Å². The standard InChI is InChI=1S/C27H28N10O/c1-16-10-20(16)27(38)31-24-11-21-18(13-30-26(28-2)25(21)34-33-24)5-7-19-6-4-17(12-29-19)14-37-9-8-22-23(15-37)36(3)35-32-22/h4,6,11-13,16,20H,8-10,14-15H2,1-3H3,(H,28,30)(H,31,33,38)/t16-,20+/m1/s1. The van der Waals surface area contributed by atoms with Crippen LogP contribution in [0.5, 0.6) is 0 Å². The second-order valence-corrected chi connectivity index (χ2v) is 9.94. The maximum absolute atomic E-state index is 12.4. The number of hydrogen-bond acceptors (Lipinski definition) is 9. The van der Waals surface area contributed by atoms with Crippen LogP contribution in [0, 0.1) is 23.7 Å². The van der Waals surface area contributed by atoms with Gasteiger partial charge in [-0.25, -0.2) is 9.97 Å². The molecular weight excluding hydrogens is 480 g/mol. The Hall–Kier alpha value is -4.43. The second-order valence-electron chi connectivity index (χ2n) is 9.94. The summed E-state index contributed by atoms with van der Waals surface area (Å²) >= 11 is 0. The highest BCUT2D eigenvalue weighted by Crippen LogP contribution is 2.38. The number of pyridine rings is 2. The molecule has 11 heteroatoms. The number of amides is 1. The van der Waals surface area contributed by atoms with Crippen molar-refractivity contribution in [3.63, 3.8) is 0 Å². The maximum atomic E-state index is 12.4. The first-order chi connectivity index (χ1) is 18.5. The summed E-state index contributed by atoms with van der Waals surface area (Å²) in [5.74, 6) is 7.77. The Bertz CT molecular complexity index is 1580. The molecular formula is C27H28N10O. The molecule has 0 radical (unpaired) electrons. The van der Waals surface area contributed by atoms with Gasteiger partial charge < -0.3 is 10.6 Å². The molecule has 0 spiro atoms. The van der Waals surface area contributed by atoms with Crippen molar-refractivity contribution in [1.29, 1.82) is 0 Å². The van der Waals surface area contributed by atoms with Crippen LogP contribution in [-0.4, -0.2) is 59.6 Å².